The van der Waals surface area contributed by atoms with Crippen molar-refractivity contribution in [3.8, 4) is 11.5 Å². The maximum absolute atomic E-state index is 9.65. The second kappa shape index (κ2) is 6.30. The van der Waals surface area contributed by atoms with E-state index in [0.717, 1.165) is 31.3 Å². The first kappa shape index (κ1) is 14.8. The molecule has 1 heterocycles. The van der Waals surface area contributed by atoms with Crippen LogP contribution in [0, 0.1) is 0 Å². The van der Waals surface area contributed by atoms with Gasteiger partial charge in [0.1, 0.15) is 13.2 Å². The Hall–Kier alpha value is -1.17. The van der Waals surface area contributed by atoms with Crippen LogP contribution in [-0.4, -0.2) is 18.3 Å². The van der Waals surface area contributed by atoms with Crippen LogP contribution in [0.4, 0.5) is 0 Å². The lowest BCUT2D eigenvalue weighted by molar-refractivity contribution is 0.171. The summed E-state index contributed by atoms with van der Waals surface area (Å²) >= 11 is 5.15. The van der Waals surface area contributed by atoms with Gasteiger partial charge in [-0.15, -0.1) is 0 Å². The molecule has 1 aliphatic heterocycles. The van der Waals surface area contributed by atoms with Gasteiger partial charge in [0.2, 0.25) is 0 Å². The summed E-state index contributed by atoms with van der Waals surface area (Å²) in [6.07, 6.45) is -0.479. The Kier molecular flexibility index (Phi) is 4.42. The third kappa shape index (κ3) is 3.36. The highest BCUT2D eigenvalue weighted by Crippen LogP contribution is 2.38. The second-order valence-electron chi connectivity index (χ2n) is 4.77. The quantitative estimate of drug-likeness (QED) is 0.872. The first-order valence-corrected chi connectivity index (χ1v) is 8.29. The maximum atomic E-state index is 9.65. The molecule has 0 aromatic heterocycles. The molecule has 1 aliphatic rings. The molecule has 3 nitrogen and oxygen atoms in total. The number of hydrogen-bond acceptors (Lipinski definition) is 4. The molecule has 0 saturated carbocycles. The van der Waals surface area contributed by atoms with Crippen molar-refractivity contribution in [1.29, 1.82) is 0 Å². The largest absolute Gasteiger partial charge is 0.486 e. The lowest BCUT2D eigenvalue weighted by Gasteiger charge is -2.18. The summed E-state index contributed by atoms with van der Waals surface area (Å²) in [4.78, 5) is 2.19. The normalized spacial score (nSPS) is 14.8. The average Bonchev–Trinajstić information content (AvgIpc) is 2.47. The zero-order valence-electron chi connectivity index (χ0n) is 11.5. The van der Waals surface area contributed by atoms with Gasteiger partial charge in [-0.3, -0.25) is 0 Å². The monoisotopic (exact) mass is 366 g/mol. The van der Waals surface area contributed by atoms with E-state index in [1.165, 1.54) is 0 Å². The molecular weight excluding hydrogens is 352 g/mol. The van der Waals surface area contributed by atoms with Gasteiger partial charge < -0.3 is 14.6 Å². The van der Waals surface area contributed by atoms with E-state index in [1.807, 2.05) is 36.4 Å². The molecule has 3 rings (SSSR count). The fourth-order valence-corrected chi connectivity index (χ4v) is 3.88. The Labute approximate surface area is 136 Å². The lowest BCUT2D eigenvalue weighted by Crippen LogP contribution is -2.15. The zero-order valence-corrected chi connectivity index (χ0v) is 13.9. The third-order valence-electron chi connectivity index (χ3n) is 3.17. The van der Waals surface area contributed by atoms with Crippen molar-refractivity contribution in [2.75, 3.05) is 13.2 Å². The van der Waals surface area contributed by atoms with Crippen molar-refractivity contribution in [2.45, 2.75) is 22.8 Å². The number of halogens is 1. The minimum Gasteiger partial charge on any atom is -0.486 e. The van der Waals surface area contributed by atoms with Gasteiger partial charge in [-0.05, 0) is 42.8 Å². The summed E-state index contributed by atoms with van der Waals surface area (Å²) in [5.74, 6) is 1.60. The molecule has 1 unspecified atom stereocenters. The lowest BCUT2D eigenvalue weighted by atomic mass is 10.1. The molecule has 2 aromatic carbocycles. The van der Waals surface area contributed by atoms with Gasteiger partial charge >= 0.3 is 0 Å². The topological polar surface area (TPSA) is 38.7 Å². The predicted molar refractivity (Wildman–Crippen MR) is 86.3 cm³/mol. The molecule has 110 valence electrons. The fraction of sp³-hybridized carbons (Fsp3) is 0.250. The van der Waals surface area contributed by atoms with Crippen LogP contribution in [0.5, 0.6) is 11.5 Å². The Balaban J connectivity index is 1.82. The van der Waals surface area contributed by atoms with Crippen LogP contribution in [0.3, 0.4) is 0 Å². The summed E-state index contributed by atoms with van der Waals surface area (Å²) in [6, 6.07) is 11.9. The van der Waals surface area contributed by atoms with Crippen LogP contribution < -0.4 is 9.47 Å². The highest BCUT2D eigenvalue weighted by atomic mass is 79.9. The Morgan fingerprint density at radius 3 is 2.43 bits per heavy atom. The van der Waals surface area contributed by atoms with Crippen LogP contribution in [0.15, 0.2) is 50.7 Å². The van der Waals surface area contributed by atoms with Gasteiger partial charge in [0.15, 0.2) is 11.5 Å². The van der Waals surface area contributed by atoms with Crippen LogP contribution in [0.1, 0.15) is 18.6 Å². The smallest absolute Gasteiger partial charge is 0.162 e. The molecule has 2 aromatic rings. The minimum absolute atomic E-state index is 0.479. The number of rotatable bonds is 3. The molecule has 0 radical (unpaired) electrons. The van der Waals surface area contributed by atoms with Crippen LogP contribution in [0.2, 0.25) is 0 Å². The first-order valence-electron chi connectivity index (χ1n) is 6.68. The van der Waals surface area contributed by atoms with E-state index in [2.05, 4.69) is 15.9 Å². The molecule has 0 saturated heterocycles. The first-order chi connectivity index (χ1) is 10.1. The number of hydrogen-bond donors (Lipinski definition) is 1. The SMILES string of the molecule is CC(O)c1ccc(Sc2ccc3c(c2)OCCO3)cc1Br. The third-order valence-corrected chi connectivity index (χ3v) is 4.84. The summed E-state index contributed by atoms with van der Waals surface area (Å²) in [5.41, 5.74) is 0.890. The zero-order chi connectivity index (χ0) is 14.8. The predicted octanol–water partition coefficient (Wildman–Crippen LogP) is 4.42. The number of benzene rings is 2. The van der Waals surface area contributed by atoms with Crippen molar-refractivity contribution in [3.05, 3.63) is 46.4 Å². The van der Waals surface area contributed by atoms with E-state index in [4.69, 9.17) is 9.47 Å². The highest BCUT2D eigenvalue weighted by Gasteiger charge is 2.13. The highest BCUT2D eigenvalue weighted by molar-refractivity contribution is 9.10. The molecule has 0 amide bonds. The molecular formula is C16H15BrO3S. The molecule has 0 aliphatic carbocycles. The summed E-state index contributed by atoms with van der Waals surface area (Å²) in [6.45, 7) is 2.96. The van der Waals surface area contributed by atoms with Crippen LogP contribution in [-0.2, 0) is 0 Å². The van der Waals surface area contributed by atoms with Gasteiger partial charge in [-0.1, -0.05) is 33.8 Å². The van der Waals surface area contributed by atoms with Gasteiger partial charge in [0.05, 0.1) is 6.10 Å². The number of fused-ring (bicyclic) bond motifs is 1. The van der Waals surface area contributed by atoms with Gasteiger partial charge in [0.25, 0.3) is 0 Å². The van der Waals surface area contributed by atoms with E-state index in [-0.39, 0.29) is 0 Å². The Bertz CT molecular complexity index is 658. The maximum Gasteiger partial charge on any atom is 0.162 e. The van der Waals surface area contributed by atoms with Crippen molar-refractivity contribution < 1.29 is 14.6 Å². The van der Waals surface area contributed by atoms with Crippen molar-refractivity contribution >= 4 is 27.7 Å². The van der Waals surface area contributed by atoms with Crippen molar-refractivity contribution in [2.24, 2.45) is 0 Å². The molecule has 5 heteroatoms. The van der Waals surface area contributed by atoms with Gasteiger partial charge in [-0.25, -0.2) is 0 Å². The minimum atomic E-state index is -0.479. The van der Waals surface area contributed by atoms with Gasteiger partial charge in [0, 0.05) is 14.3 Å². The molecule has 1 atom stereocenters. The Morgan fingerprint density at radius 1 is 1.05 bits per heavy atom. The molecule has 0 spiro atoms. The second-order valence-corrected chi connectivity index (χ2v) is 6.77. The number of aliphatic hydroxyl groups excluding tert-OH is 1. The van der Waals surface area contributed by atoms with E-state index in [1.54, 1.807) is 18.7 Å². The van der Waals surface area contributed by atoms with Crippen molar-refractivity contribution in [3.63, 3.8) is 0 Å². The van der Waals surface area contributed by atoms with Crippen LogP contribution in [0.25, 0.3) is 0 Å². The summed E-state index contributed by atoms with van der Waals surface area (Å²) in [5, 5.41) is 9.65. The Morgan fingerprint density at radius 2 is 1.71 bits per heavy atom. The van der Waals surface area contributed by atoms with Crippen LogP contribution >= 0.6 is 27.7 Å². The fourth-order valence-electron chi connectivity index (χ4n) is 2.13. The average molecular weight is 367 g/mol. The molecule has 21 heavy (non-hydrogen) atoms. The molecule has 0 fully saturated rings. The van der Waals surface area contributed by atoms with Crippen molar-refractivity contribution in [1.82, 2.24) is 0 Å². The summed E-state index contributed by atoms with van der Waals surface area (Å²) < 4.78 is 12.0. The number of ether oxygens (including phenoxy) is 2. The van der Waals surface area contributed by atoms with Gasteiger partial charge in [-0.2, -0.15) is 0 Å². The standard InChI is InChI=1S/C16H15BrO3S/c1-10(18)13-4-2-11(8-14(13)17)21-12-3-5-15-16(9-12)20-7-6-19-15/h2-5,8-10,18H,6-7H2,1H3. The summed E-state index contributed by atoms with van der Waals surface area (Å²) in [7, 11) is 0. The molecule has 0 bridgehead atoms. The van der Waals surface area contributed by atoms with E-state index in [0.29, 0.717) is 13.2 Å². The van der Waals surface area contributed by atoms with E-state index < -0.39 is 6.10 Å². The van der Waals surface area contributed by atoms with E-state index in [9.17, 15) is 5.11 Å². The van der Waals surface area contributed by atoms with E-state index >= 15 is 0 Å². The molecule has 1 N–H and O–H groups in total. The number of aliphatic hydroxyl groups is 1.